The van der Waals surface area contributed by atoms with E-state index in [0.29, 0.717) is 6.61 Å². The van der Waals surface area contributed by atoms with Gasteiger partial charge in [0.15, 0.2) is 5.75 Å². The van der Waals surface area contributed by atoms with E-state index < -0.39 is 0 Å². The van der Waals surface area contributed by atoms with Crippen LogP contribution in [0, 0.1) is 0 Å². The third kappa shape index (κ3) is 3.99. The van der Waals surface area contributed by atoms with Crippen molar-refractivity contribution in [2.24, 2.45) is 5.73 Å². The van der Waals surface area contributed by atoms with Gasteiger partial charge in [0.25, 0.3) is 0 Å². The largest absolute Gasteiger partial charge is 0.493 e. The van der Waals surface area contributed by atoms with Gasteiger partial charge in [-0.15, -0.1) is 0 Å². The van der Waals surface area contributed by atoms with Crippen LogP contribution in [-0.2, 0) is 11.3 Å². The molecule has 5 heteroatoms. The maximum absolute atomic E-state index is 6.21. The maximum Gasteiger partial charge on any atom is 0.161 e. The molecule has 0 fully saturated rings. The summed E-state index contributed by atoms with van der Waals surface area (Å²) in [7, 11) is 1.65. The van der Waals surface area contributed by atoms with E-state index in [2.05, 4.69) is 18.9 Å². The summed E-state index contributed by atoms with van der Waals surface area (Å²) in [6.07, 6.45) is 4.58. The molecule has 1 aromatic rings. The second kappa shape index (κ2) is 8.11. The molecule has 0 spiro atoms. The summed E-state index contributed by atoms with van der Waals surface area (Å²) >= 11 is 0. The van der Waals surface area contributed by atoms with Crippen molar-refractivity contribution in [1.82, 2.24) is 9.78 Å². The van der Waals surface area contributed by atoms with E-state index in [4.69, 9.17) is 15.2 Å². The lowest BCUT2D eigenvalue weighted by Gasteiger charge is -2.15. The Hall–Kier alpha value is -1.07. The van der Waals surface area contributed by atoms with E-state index in [1.54, 1.807) is 13.3 Å². The van der Waals surface area contributed by atoms with Gasteiger partial charge in [-0.3, -0.25) is 4.68 Å². The zero-order chi connectivity index (χ0) is 13.4. The second-order valence-corrected chi connectivity index (χ2v) is 4.33. The number of hydrogen-bond acceptors (Lipinski definition) is 4. The molecule has 0 aliphatic rings. The second-order valence-electron chi connectivity index (χ2n) is 4.33. The number of nitrogens with two attached hydrogens (primary N) is 1. The molecule has 18 heavy (non-hydrogen) atoms. The standard InChI is InChI=1S/C13H25N3O2/c1-4-7-16-13(12(17-3)10-15-16)11(14)6-9-18-8-5-2/h10-11H,4-9,14H2,1-3H3. The van der Waals surface area contributed by atoms with E-state index in [9.17, 15) is 0 Å². The molecule has 0 radical (unpaired) electrons. The summed E-state index contributed by atoms with van der Waals surface area (Å²) in [6, 6.07) is -0.0918. The van der Waals surface area contributed by atoms with E-state index in [0.717, 1.165) is 43.9 Å². The molecule has 1 unspecified atom stereocenters. The van der Waals surface area contributed by atoms with Crippen LogP contribution in [0.1, 0.15) is 44.8 Å². The molecule has 1 rings (SSSR count). The first-order valence-electron chi connectivity index (χ1n) is 6.67. The van der Waals surface area contributed by atoms with Crippen LogP contribution >= 0.6 is 0 Å². The van der Waals surface area contributed by atoms with Crippen LogP contribution in [0.3, 0.4) is 0 Å². The highest BCUT2D eigenvalue weighted by Gasteiger charge is 2.18. The number of nitrogens with zero attached hydrogens (tertiary/aromatic N) is 2. The molecular formula is C13H25N3O2. The number of aryl methyl sites for hydroxylation is 1. The first-order chi connectivity index (χ1) is 8.74. The van der Waals surface area contributed by atoms with Crippen molar-refractivity contribution >= 4 is 0 Å². The highest BCUT2D eigenvalue weighted by Crippen LogP contribution is 2.25. The molecule has 0 aliphatic carbocycles. The van der Waals surface area contributed by atoms with Crippen LogP contribution in [0.2, 0.25) is 0 Å². The lowest BCUT2D eigenvalue weighted by atomic mass is 10.1. The smallest absolute Gasteiger partial charge is 0.161 e. The van der Waals surface area contributed by atoms with E-state index in [-0.39, 0.29) is 6.04 Å². The van der Waals surface area contributed by atoms with Crippen LogP contribution in [0.4, 0.5) is 0 Å². The predicted octanol–water partition coefficient (Wildman–Crippen LogP) is 2.12. The molecule has 1 aromatic heterocycles. The fourth-order valence-corrected chi connectivity index (χ4v) is 1.89. The minimum absolute atomic E-state index is 0.0918. The SMILES string of the molecule is CCCOCCC(N)c1c(OC)cnn1CCC. The molecule has 0 saturated carbocycles. The van der Waals surface area contributed by atoms with Gasteiger partial charge in [0, 0.05) is 19.8 Å². The zero-order valence-electron chi connectivity index (χ0n) is 11.7. The van der Waals surface area contributed by atoms with Crippen LogP contribution in [0.5, 0.6) is 5.75 Å². The molecule has 1 heterocycles. The molecule has 0 saturated heterocycles. The Labute approximate surface area is 109 Å². The van der Waals surface area contributed by atoms with E-state index >= 15 is 0 Å². The van der Waals surface area contributed by atoms with Crippen molar-refractivity contribution in [3.63, 3.8) is 0 Å². The van der Waals surface area contributed by atoms with E-state index in [1.165, 1.54) is 0 Å². The van der Waals surface area contributed by atoms with Crippen molar-refractivity contribution in [3.05, 3.63) is 11.9 Å². The van der Waals surface area contributed by atoms with E-state index in [1.807, 2.05) is 4.68 Å². The Kier molecular flexibility index (Phi) is 6.75. The quantitative estimate of drug-likeness (QED) is 0.687. The summed E-state index contributed by atoms with van der Waals surface area (Å²) in [5.74, 6) is 0.770. The highest BCUT2D eigenvalue weighted by atomic mass is 16.5. The number of ether oxygens (including phenoxy) is 2. The van der Waals surface area contributed by atoms with Crippen molar-refractivity contribution in [2.75, 3.05) is 20.3 Å². The third-order valence-corrected chi connectivity index (χ3v) is 2.77. The fraction of sp³-hybridized carbons (Fsp3) is 0.769. The minimum Gasteiger partial charge on any atom is -0.493 e. The zero-order valence-corrected chi connectivity index (χ0v) is 11.7. The topological polar surface area (TPSA) is 62.3 Å². The average molecular weight is 255 g/mol. The van der Waals surface area contributed by atoms with Crippen LogP contribution < -0.4 is 10.5 Å². The molecular weight excluding hydrogens is 230 g/mol. The van der Waals surface area contributed by atoms with Gasteiger partial charge >= 0.3 is 0 Å². The van der Waals surface area contributed by atoms with Crippen LogP contribution in [-0.4, -0.2) is 30.1 Å². The molecule has 0 bridgehead atoms. The molecule has 2 N–H and O–H groups in total. The molecule has 0 aliphatic heterocycles. The third-order valence-electron chi connectivity index (χ3n) is 2.77. The van der Waals surface area contributed by atoms with Gasteiger partial charge < -0.3 is 15.2 Å². The first kappa shape index (κ1) is 15.0. The molecule has 1 atom stereocenters. The van der Waals surface area contributed by atoms with Gasteiger partial charge in [0.1, 0.15) is 0 Å². The Morgan fingerprint density at radius 2 is 2.11 bits per heavy atom. The Bertz CT molecular complexity index is 339. The van der Waals surface area contributed by atoms with Gasteiger partial charge in [0.2, 0.25) is 0 Å². The summed E-state index contributed by atoms with van der Waals surface area (Å²) < 4.78 is 12.7. The van der Waals surface area contributed by atoms with Crippen molar-refractivity contribution in [3.8, 4) is 5.75 Å². The molecule has 104 valence electrons. The van der Waals surface area contributed by atoms with Gasteiger partial charge in [0.05, 0.1) is 25.0 Å². The summed E-state index contributed by atoms with van der Waals surface area (Å²) in [6.45, 7) is 6.54. The Morgan fingerprint density at radius 1 is 1.33 bits per heavy atom. The number of methoxy groups -OCH3 is 1. The van der Waals surface area contributed by atoms with Gasteiger partial charge in [-0.1, -0.05) is 13.8 Å². The van der Waals surface area contributed by atoms with Crippen LogP contribution in [0.15, 0.2) is 6.20 Å². The lowest BCUT2D eigenvalue weighted by Crippen LogP contribution is -2.19. The lowest BCUT2D eigenvalue weighted by molar-refractivity contribution is 0.127. The first-order valence-corrected chi connectivity index (χ1v) is 6.67. The van der Waals surface area contributed by atoms with Crippen molar-refractivity contribution in [2.45, 2.75) is 45.7 Å². The maximum atomic E-state index is 6.21. The molecule has 0 amide bonds. The molecule has 5 nitrogen and oxygen atoms in total. The summed E-state index contributed by atoms with van der Waals surface area (Å²) in [4.78, 5) is 0. The van der Waals surface area contributed by atoms with Crippen molar-refractivity contribution < 1.29 is 9.47 Å². The van der Waals surface area contributed by atoms with Gasteiger partial charge in [-0.25, -0.2) is 0 Å². The van der Waals surface area contributed by atoms with Crippen LogP contribution in [0.25, 0.3) is 0 Å². The predicted molar refractivity (Wildman–Crippen MR) is 71.7 cm³/mol. The normalized spacial score (nSPS) is 12.7. The molecule has 0 aromatic carbocycles. The fourth-order valence-electron chi connectivity index (χ4n) is 1.89. The summed E-state index contributed by atoms with van der Waals surface area (Å²) in [5, 5.41) is 4.31. The minimum atomic E-state index is -0.0918. The number of aromatic nitrogens is 2. The highest BCUT2D eigenvalue weighted by molar-refractivity contribution is 5.28. The number of hydrogen-bond donors (Lipinski definition) is 1. The Morgan fingerprint density at radius 3 is 2.72 bits per heavy atom. The Balaban J connectivity index is 2.63. The summed E-state index contributed by atoms with van der Waals surface area (Å²) in [5.41, 5.74) is 7.18. The average Bonchev–Trinajstić information content (AvgIpc) is 2.78. The number of rotatable bonds is 9. The van der Waals surface area contributed by atoms with Gasteiger partial charge in [-0.2, -0.15) is 5.10 Å². The van der Waals surface area contributed by atoms with Crippen molar-refractivity contribution in [1.29, 1.82) is 0 Å². The van der Waals surface area contributed by atoms with Gasteiger partial charge in [-0.05, 0) is 19.3 Å². The monoisotopic (exact) mass is 255 g/mol.